The summed E-state index contributed by atoms with van der Waals surface area (Å²) in [5.74, 6) is 0.975. The Kier molecular flexibility index (Phi) is 4.00. The molecule has 0 bridgehead atoms. The van der Waals surface area contributed by atoms with Crippen molar-refractivity contribution < 1.29 is 9.31 Å². The highest BCUT2D eigenvalue weighted by Gasteiger charge is 2.23. The lowest BCUT2D eigenvalue weighted by Crippen LogP contribution is -2.24. The summed E-state index contributed by atoms with van der Waals surface area (Å²) in [6, 6.07) is 6.46. The Hall–Kier alpha value is -1.77. The van der Waals surface area contributed by atoms with E-state index in [0.29, 0.717) is 0 Å². The first-order valence-corrected chi connectivity index (χ1v) is 8.03. The third-order valence-corrected chi connectivity index (χ3v) is 4.53. The van der Waals surface area contributed by atoms with E-state index in [-0.39, 0.29) is 0 Å². The van der Waals surface area contributed by atoms with E-state index in [1.165, 1.54) is 40.7 Å². The molecule has 0 saturated heterocycles. The minimum absolute atomic E-state index is 0.813. The quantitative estimate of drug-likeness (QED) is 0.658. The second-order valence-corrected chi connectivity index (χ2v) is 6.00. The SMILES string of the molecule is CCCCCOc1ccc2c3c([nH]c2c1)C(C)=[N+](C)CC3. The van der Waals surface area contributed by atoms with Crippen LogP contribution in [-0.2, 0) is 6.42 Å². The number of nitrogens with one attached hydrogen (secondary N) is 1. The Morgan fingerprint density at radius 3 is 2.95 bits per heavy atom. The van der Waals surface area contributed by atoms with Crippen LogP contribution >= 0.6 is 0 Å². The van der Waals surface area contributed by atoms with E-state index in [1.807, 2.05) is 0 Å². The Morgan fingerprint density at radius 1 is 1.29 bits per heavy atom. The van der Waals surface area contributed by atoms with Gasteiger partial charge in [-0.3, -0.25) is 0 Å². The highest BCUT2D eigenvalue weighted by Crippen LogP contribution is 2.28. The number of unbranched alkanes of at least 4 members (excludes halogenated alkanes) is 2. The number of aromatic amines is 1. The fourth-order valence-electron chi connectivity index (χ4n) is 3.07. The van der Waals surface area contributed by atoms with Gasteiger partial charge in [-0.1, -0.05) is 19.8 Å². The van der Waals surface area contributed by atoms with Crippen LogP contribution in [-0.4, -0.2) is 35.5 Å². The molecule has 1 N–H and O–H groups in total. The molecule has 0 spiro atoms. The number of nitrogens with zero attached hydrogens (tertiary/aromatic N) is 1. The zero-order valence-corrected chi connectivity index (χ0v) is 13.3. The van der Waals surface area contributed by atoms with Crippen molar-refractivity contribution in [1.29, 1.82) is 0 Å². The van der Waals surface area contributed by atoms with Crippen molar-refractivity contribution in [3.63, 3.8) is 0 Å². The van der Waals surface area contributed by atoms with Gasteiger partial charge in [0.15, 0.2) is 5.71 Å². The van der Waals surface area contributed by atoms with Crippen LogP contribution < -0.4 is 4.74 Å². The van der Waals surface area contributed by atoms with Crippen LogP contribution in [0.3, 0.4) is 0 Å². The molecule has 0 saturated carbocycles. The molecule has 2 heterocycles. The molecule has 3 rings (SSSR count). The van der Waals surface area contributed by atoms with Gasteiger partial charge in [-0.2, -0.15) is 0 Å². The number of rotatable bonds is 5. The standard InChI is InChI=1S/C18H24N2O/c1-4-5-6-11-21-14-7-8-15-16-9-10-20(3)13(2)18(16)19-17(15)12-14/h7-8,12H,4-6,9-11H2,1-3H3/p+1. The molecule has 0 aliphatic carbocycles. The van der Waals surface area contributed by atoms with Crippen molar-refractivity contribution >= 4 is 16.6 Å². The largest absolute Gasteiger partial charge is 0.494 e. The summed E-state index contributed by atoms with van der Waals surface area (Å²) in [5.41, 5.74) is 5.28. The molecule has 3 heteroatoms. The summed E-state index contributed by atoms with van der Waals surface area (Å²) >= 11 is 0. The number of hydrogen-bond acceptors (Lipinski definition) is 1. The maximum Gasteiger partial charge on any atom is 0.196 e. The van der Waals surface area contributed by atoms with Gasteiger partial charge in [-0.15, -0.1) is 0 Å². The summed E-state index contributed by atoms with van der Waals surface area (Å²) in [6.45, 7) is 6.32. The minimum atomic E-state index is 0.813. The zero-order chi connectivity index (χ0) is 14.8. The number of likely N-dealkylation sites (N-methyl/N-ethyl adjacent to an activating group) is 1. The maximum absolute atomic E-state index is 5.86. The average Bonchev–Trinajstić information content (AvgIpc) is 2.86. The van der Waals surface area contributed by atoms with Crippen molar-refractivity contribution in [2.45, 2.75) is 39.5 Å². The van der Waals surface area contributed by atoms with Gasteiger partial charge in [0, 0.05) is 30.3 Å². The van der Waals surface area contributed by atoms with Crippen LogP contribution in [0.5, 0.6) is 5.75 Å². The van der Waals surface area contributed by atoms with Gasteiger partial charge in [0.05, 0.1) is 6.61 Å². The Labute approximate surface area is 126 Å². The molecule has 1 aromatic carbocycles. The van der Waals surface area contributed by atoms with Gasteiger partial charge in [-0.25, -0.2) is 4.58 Å². The molecule has 0 amide bonds. The van der Waals surface area contributed by atoms with Crippen molar-refractivity contribution in [2.75, 3.05) is 20.2 Å². The van der Waals surface area contributed by atoms with E-state index in [1.54, 1.807) is 0 Å². The van der Waals surface area contributed by atoms with Crippen molar-refractivity contribution in [3.8, 4) is 5.75 Å². The fraction of sp³-hybridized carbons (Fsp3) is 0.500. The number of hydrogen-bond donors (Lipinski definition) is 1. The second kappa shape index (κ2) is 5.92. The van der Waals surface area contributed by atoms with Gasteiger partial charge in [0.25, 0.3) is 0 Å². The topological polar surface area (TPSA) is 28.0 Å². The van der Waals surface area contributed by atoms with Gasteiger partial charge >= 0.3 is 0 Å². The molecule has 1 aromatic heterocycles. The number of ether oxygens (including phenoxy) is 1. The van der Waals surface area contributed by atoms with E-state index in [9.17, 15) is 0 Å². The fourth-order valence-corrected chi connectivity index (χ4v) is 3.07. The average molecular weight is 285 g/mol. The van der Waals surface area contributed by atoms with E-state index in [4.69, 9.17) is 4.74 Å². The van der Waals surface area contributed by atoms with E-state index in [0.717, 1.165) is 31.7 Å². The highest BCUT2D eigenvalue weighted by molar-refractivity contribution is 6.02. The van der Waals surface area contributed by atoms with Gasteiger partial charge in [0.1, 0.15) is 25.0 Å². The lowest BCUT2D eigenvalue weighted by molar-refractivity contribution is -0.498. The van der Waals surface area contributed by atoms with Crippen LogP contribution in [0, 0.1) is 0 Å². The first kappa shape index (κ1) is 14.2. The van der Waals surface area contributed by atoms with E-state index in [2.05, 4.69) is 48.7 Å². The number of fused-ring (bicyclic) bond motifs is 3. The summed E-state index contributed by atoms with van der Waals surface area (Å²) < 4.78 is 8.18. The Morgan fingerprint density at radius 2 is 2.14 bits per heavy atom. The van der Waals surface area contributed by atoms with Crippen molar-refractivity contribution in [3.05, 3.63) is 29.5 Å². The van der Waals surface area contributed by atoms with Crippen LogP contribution in [0.2, 0.25) is 0 Å². The predicted molar refractivity (Wildman–Crippen MR) is 87.9 cm³/mol. The van der Waals surface area contributed by atoms with Crippen molar-refractivity contribution in [1.82, 2.24) is 4.98 Å². The highest BCUT2D eigenvalue weighted by atomic mass is 16.5. The number of aromatic nitrogens is 1. The van der Waals surface area contributed by atoms with Gasteiger partial charge in [-0.05, 0) is 24.1 Å². The summed E-state index contributed by atoms with van der Waals surface area (Å²) in [5, 5.41) is 1.35. The third kappa shape index (κ3) is 2.69. The monoisotopic (exact) mass is 285 g/mol. The predicted octanol–water partition coefficient (Wildman–Crippen LogP) is 3.74. The van der Waals surface area contributed by atoms with Gasteiger partial charge in [0.2, 0.25) is 0 Å². The second-order valence-electron chi connectivity index (χ2n) is 6.00. The molecule has 3 nitrogen and oxygen atoms in total. The molecule has 1 aliphatic rings. The van der Waals surface area contributed by atoms with Gasteiger partial charge < -0.3 is 9.72 Å². The smallest absolute Gasteiger partial charge is 0.196 e. The van der Waals surface area contributed by atoms with Crippen LogP contribution in [0.1, 0.15) is 44.4 Å². The first-order chi connectivity index (χ1) is 10.2. The third-order valence-electron chi connectivity index (χ3n) is 4.53. The molecule has 0 unspecified atom stereocenters. The van der Waals surface area contributed by atoms with E-state index < -0.39 is 0 Å². The first-order valence-electron chi connectivity index (χ1n) is 8.03. The molecule has 21 heavy (non-hydrogen) atoms. The molecular weight excluding hydrogens is 260 g/mol. The molecular formula is C18H25N2O+. The molecule has 0 radical (unpaired) electrons. The lowest BCUT2D eigenvalue weighted by Gasteiger charge is -2.10. The maximum atomic E-state index is 5.86. The van der Waals surface area contributed by atoms with Crippen molar-refractivity contribution in [2.24, 2.45) is 0 Å². The molecule has 2 aromatic rings. The van der Waals surface area contributed by atoms with Crippen LogP contribution in [0.25, 0.3) is 10.9 Å². The molecule has 0 atom stereocenters. The summed E-state index contributed by atoms with van der Waals surface area (Å²) in [6.07, 6.45) is 4.71. The number of H-pyrrole nitrogens is 1. The lowest BCUT2D eigenvalue weighted by atomic mass is 10.0. The number of benzene rings is 1. The zero-order valence-electron chi connectivity index (χ0n) is 13.3. The minimum Gasteiger partial charge on any atom is -0.494 e. The summed E-state index contributed by atoms with van der Waals surface area (Å²) in [7, 11) is 2.16. The molecule has 1 aliphatic heterocycles. The molecule has 0 fully saturated rings. The normalized spacial score (nSPS) is 14.6. The molecule has 112 valence electrons. The van der Waals surface area contributed by atoms with Crippen LogP contribution in [0.4, 0.5) is 0 Å². The summed E-state index contributed by atoms with van der Waals surface area (Å²) in [4.78, 5) is 3.58. The Balaban J connectivity index is 1.87. The van der Waals surface area contributed by atoms with Crippen LogP contribution in [0.15, 0.2) is 18.2 Å². The van der Waals surface area contributed by atoms with E-state index >= 15 is 0 Å². The Bertz CT molecular complexity index is 682.